The molecule has 3 aromatic rings. The summed E-state index contributed by atoms with van der Waals surface area (Å²) < 4.78 is 40.1. The maximum Gasteiger partial charge on any atom is 0.417 e. The van der Waals surface area contributed by atoms with Crippen molar-refractivity contribution in [3.63, 3.8) is 0 Å². The van der Waals surface area contributed by atoms with Gasteiger partial charge >= 0.3 is 6.18 Å². The quantitative estimate of drug-likeness (QED) is 0.736. The predicted octanol–water partition coefficient (Wildman–Crippen LogP) is 4.62. The Hall–Kier alpha value is -2.82. The summed E-state index contributed by atoms with van der Waals surface area (Å²) in [6, 6.07) is 15.3. The zero-order valence-corrected chi connectivity index (χ0v) is 11.9. The summed E-state index contributed by atoms with van der Waals surface area (Å²) in [6.45, 7) is 0. The van der Waals surface area contributed by atoms with E-state index in [2.05, 4.69) is 0 Å². The monoisotopic (exact) mass is 315 g/mol. The van der Waals surface area contributed by atoms with Gasteiger partial charge in [-0.05, 0) is 28.5 Å². The van der Waals surface area contributed by atoms with Crippen LogP contribution in [0.4, 0.5) is 13.2 Å². The highest BCUT2D eigenvalue weighted by atomic mass is 19.4. The van der Waals surface area contributed by atoms with Gasteiger partial charge in [0.05, 0.1) is 5.56 Å². The Balaban J connectivity index is 2.45. The van der Waals surface area contributed by atoms with Crippen LogP contribution in [0.3, 0.4) is 0 Å². The molecule has 3 rings (SSSR count). The molecule has 1 amide bonds. The number of carbonyl (C=O) groups excluding carboxylic acids is 1. The van der Waals surface area contributed by atoms with E-state index in [4.69, 9.17) is 5.73 Å². The molecular weight excluding hydrogens is 303 g/mol. The number of hydrogen-bond donors (Lipinski definition) is 1. The topological polar surface area (TPSA) is 43.1 Å². The van der Waals surface area contributed by atoms with Crippen LogP contribution in [0.25, 0.3) is 21.9 Å². The normalized spacial score (nSPS) is 11.6. The van der Waals surface area contributed by atoms with Crippen molar-refractivity contribution in [2.45, 2.75) is 6.18 Å². The van der Waals surface area contributed by atoms with Crippen LogP contribution in [0, 0.1) is 0 Å². The highest BCUT2D eigenvalue weighted by Crippen LogP contribution is 2.40. The number of benzene rings is 3. The lowest BCUT2D eigenvalue weighted by Gasteiger charge is -2.17. The smallest absolute Gasteiger partial charge is 0.366 e. The maximum atomic E-state index is 13.4. The molecule has 0 aliphatic heterocycles. The number of halogens is 3. The minimum Gasteiger partial charge on any atom is -0.366 e. The Labute approximate surface area is 130 Å². The van der Waals surface area contributed by atoms with Gasteiger partial charge in [0.15, 0.2) is 0 Å². The van der Waals surface area contributed by atoms with Crippen molar-refractivity contribution in [1.82, 2.24) is 0 Å². The SMILES string of the molecule is NC(=O)c1ccc2ccccc2c1-c1ccccc1C(F)(F)F. The third-order valence-electron chi connectivity index (χ3n) is 3.70. The minimum atomic E-state index is -4.53. The summed E-state index contributed by atoms with van der Waals surface area (Å²) in [7, 11) is 0. The van der Waals surface area contributed by atoms with Crippen molar-refractivity contribution in [2.24, 2.45) is 5.73 Å². The number of primary amides is 1. The fourth-order valence-electron chi connectivity index (χ4n) is 2.72. The Bertz CT molecular complexity index is 900. The lowest BCUT2D eigenvalue weighted by atomic mass is 9.90. The molecule has 2 N–H and O–H groups in total. The number of alkyl halides is 3. The van der Waals surface area contributed by atoms with E-state index in [1.54, 1.807) is 30.3 Å². The molecule has 0 aliphatic carbocycles. The van der Waals surface area contributed by atoms with Gasteiger partial charge in [-0.25, -0.2) is 0 Å². The lowest BCUT2D eigenvalue weighted by Crippen LogP contribution is -2.14. The molecule has 3 aromatic carbocycles. The minimum absolute atomic E-state index is 0.0504. The van der Waals surface area contributed by atoms with E-state index in [0.29, 0.717) is 5.39 Å². The van der Waals surface area contributed by atoms with Crippen molar-refractivity contribution in [1.29, 1.82) is 0 Å². The first-order valence-corrected chi connectivity index (χ1v) is 6.88. The van der Waals surface area contributed by atoms with Crippen LogP contribution in [-0.2, 0) is 6.18 Å². The molecule has 0 fully saturated rings. The van der Waals surface area contributed by atoms with E-state index < -0.39 is 17.6 Å². The second-order valence-electron chi connectivity index (χ2n) is 5.12. The Morgan fingerprint density at radius 2 is 1.52 bits per heavy atom. The first kappa shape index (κ1) is 15.1. The molecule has 5 heteroatoms. The number of rotatable bonds is 2. The van der Waals surface area contributed by atoms with Gasteiger partial charge in [-0.3, -0.25) is 4.79 Å². The predicted molar refractivity (Wildman–Crippen MR) is 82.9 cm³/mol. The molecular formula is C18H12F3NO. The van der Waals surface area contributed by atoms with Gasteiger partial charge in [0.1, 0.15) is 0 Å². The van der Waals surface area contributed by atoms with Gasteiger partial charge in [0, 0.05) is 11.1 Å². The van der Waals surface area contributed by atoms with Gasteiger partial charge in [0.25, 0.3) is 0 Å². The first-order valence-electron chi connectivity index (χ1n) is 6.88. The van der Waals surface area contributed by atoms with Crippen molar-refractivity contribution in [3.05, 3.63) is 71.8 Å². The van der Waals surface area contributed by atoms with Crippen LogP contribution in [0.2, 0.25) is 0 Å². The second kappa shape index (κ2) is 5.43. The highest BCUT2D eigenvalue weighted by Gasteiger charge is 2.34. The molecule has 0 aliphatic rings. The number of fused-ring (bicyclic) bond motifs is 1. The maximum absolute atomic E-state index is 13.4. The summed E-state index contributed by atoms with van der Waals surface area (Å²) in [5.41, 5.74) is 4.82. The van der Waals surface area contributed by atoms with Crippen molar-refractivity contribution >= 4 is 16.7 Å². The molecule has 2 nitrogen and oxygen atoms in total. The van der Waals surface area contributed by atoms with E-state index in [1.165, 1.54) is 24.3 Å². The van der Waals surface area contributed by atoms with E-state index >= 15 is 0 Å². The largest absolute Gasteiger partial charge is 0.417 e. The molecule has 0 aromatic heterocycles. The van der Waals surface area contributed by atoms with Crippen LogP contribution >= 0.6 is 0 Å². The molecule has 0 heterocycles. The fourth-order valence-corrected chi connectivity index (χ4v) is 2.72. The Morgan fingerprint density at radius 3 is 2.22 bits per heavy atom. The summed E-state index contributed by atoms with van der Waals surface area (Å²) in [5, 5.41) is 1.30. The number of hydrogen-bond acceptors (Lipinski definition) is 1. The van der Waals surface area contributed by atoms with Gasteiger partial charge in [0.2, 0.25) is 5.91 Å². The highest BCUT2D eigenvalue weighted by molar-refractivity contribution is 6.09. The van der Waals surface area contributed by atoms with E-state index in [1.807, 2.05) is 0 Å². The van der Waals surface area contributed by atoms with Gasteiger partial charge in [-0.15, -0.1) is 0 Å². The van der Waals surface area contributed by atoms with Crippen LogP contribution in [0.15, 0.2) is 60.7 Å². The van der Waals surface area contributed by atoms with Crippen LogP contribution in [0.1, 0.15) is 15.9 Å². The molecule has 0 radical (unpaired) electrons. The average molecular weight is 315 g/mol. The summed E-state index contributed by atoms with van der Waals surface area (Å²) >= 11 is 0. The summed E-state index contributed by atoms with van der Waals surface area (Å²) in [4.78, 5) is 11.7. The molecule has 23 heavy (non-hydrogen) atoms. The van der Waals surface area contributed by atoms with Crippen LogP contribution in [-0.4, -0.2) is 5.91 Å². The zero-order chi connectivity index (χ0) is 16.6. The van der Waals surface area contributed by atoms with Crippen molar-refractivity contribution in [3.8, 4) is 11.1 Å². The number of amides is 1. The Morgan fingerprint density at radius 1 is 0.870 bits per heavy atom. The third kappa shape index (κ3) is 2.65. The van der Waals surface area contributed by atoms with Crippen molar-refractivity contribution in [2.75, 3.05) is 0 Å². The molecule has 116 valence electrons. The van der Waals surface area contributed by atoms with Crippen LogP contribution < -0.4 is 5.73 Å². The summed E-state index contributed by atoms with van der Waals surface area (Å²) in [5.74, 6) is -0.761. The van der Waals surface area contributed by atoms with E-state index in [0.717, 1.165) is 11.5 Å². The zero-order valence-electron chi connectivity index (χ0n) is 11.9. The Kier molecular flexibility index (Phi) is 3.56. The number of carbonyl (C=O) groups is 1. The molecule has 0 spiro atoms. The molecule has 0 atom stereocenters. The van der Waals surface area contributed by atoms with E-state index in [-0.39, 0.29) is 16.7 Å². The molecule has 0 unspecified atom stereocenters. The lowest BCUT2D eigenvalue weighted by molar-refractivity contribution is -0.137. The van der Waals surface area contributed by atoms with E-state index in [9.17, 15) is 18.0 Å². The second-order valence-corrected chi connectivity index (χ2v) is 5.12. The summed E-state index contributed by atoms with van der Waals surface area (Å²) in [6.07, 6.45) is -4.53. The molecule has 0 bridgehead atoms. The standard InChI is InChI=1S/C18H12F3NO/c19-18(20,21)15-8-4-3-7-13(15)16-12-6-2-1-5-11(12)9-10-14(16)17(22)23/h1-10H,(H2,22,23). The fraction of sp³-hybridized carbons (Fsp3) is 0.0556. The van der Waals surface area contributed by atoms with Gasteiger partial charge in [-0.1, -0.05) is 48.5 Å². The molecule has 0 saturated heterocycles. The van der Waals surface area contributed by atoms with Crippen LogP contribution in [0.5, 0.6) is 0 Å². The average Bonchev–Trinajstić information content (AvgIpc) is 2.52. The van der Waals surface area contributed by atoms with Crippen molar-refractivity contribution < 1.29 is 18.0 Å². The molecule has 0 saturated carbocycles. The number of nitrogens with two attached hydrogens (primary N) is 1. The van der Waals surface area contributed by atoms with Gasteiger partial charge < -0.3 is 5.73 Å². The first-order chi connectivity index (χ1) is 10.9. The van der Waals surface area contributed by atoms with Gasteiger partial charge in [-0.2, -0.15) is 13.2 Å². The third-order valence-corrected chi connectivity index (χ3v) is 3.70.